The van der Waals surface area contributed by atoms with Crippen LogP contribution in [0.4, 0.5) is 10.5 Å². The van der Waals surface area contributed by atoms with E-state index in [-0.39, 0.29) is 0 Å². The summed E-state index contributed by atoms with van der Waals surface area (Å²) in [5.41, 5.74) is 1.18. The van der Waals surface area contributed by atoms with Gasteiger partial charge in [0, 0.05) is 0 Å². The molecule has 0 aliphatic carbocycles. The Morgan fingerprint density at radius 2 is 1.64 bits per heavy atom. The van der Waals surface area contributed by atoms with E-state index < -0.39 is 11.7 Å². The third kappa shape index (κ3) is 4.81. The number of carbonyl (C=O) groups excluding carboxylic acids is 1. The number of aryl methyl sites for hydroxylation is 1. The summed E-state index contributed by atoms with van der Waals surface area (Å²) in [5.74, 6) is 1.28. The van der Waals surface area contributed by atoms with Gasteiger partial charge in [-0.05, 0) is 52.0 Å². The van der Waals surface area contributed by atoms with Crippen LogP contribution in [0.2, 0.25) is 0 Å². The monoisotopic (exact) mass is 299 g/mol. The SMILES string of the molecule is Cc1ccc(Oc2ccccc2NC(=O)OC(C)(C)C)cc1. The molecular weight excluding hydrogens is 278 g/mol. The second kappa shape index (κ2) is 6.52. The summed E-state index contributed by atoms with van der Waals surface area (Å²) in [7, 11) is 0. The van der Waals surface area contributed by atoms with E-state index in [1.165, 1.54) is 0 Å². The van der Waals surface area contributed by atoms with Crippen molar-refractivity contribution in [1.29, 1.82) is 0 Å². The Labute approximate surface area is 131 Å². The molecule has 0 saturated carbocycles. The van der Waals surface area contributed by atoms with Crippen molar-refractivity contribution in [3.8, 4) is 11.5 Å². The lowest BCUT2D eigenvalue weighted by atomic mass is 10.2. The van der Waals surface area contributed by atoms with Crippen molar-refractivity contribution in [2.75, 3.05) is 5.32 Å². The van der Waals surface area contributed by atoms with E-state index in [0.717, 1.165) is 5.56 Å². The normalized spacial score (nSPS) is 10.9. The van der Waals surface area contributed by atoms with Crippen LogP contribution < -0.4 is 10.1 Å². The minimum absolute atomic E-state index is 0.507. The number of anilines is 1. The molecule has 2 aromatic rings. The molecule has 0 atom stereocenters. The lowest BCUT2D eigenvalue weighted by Crippen LogP contribution is -2.27. The first-order chi connectivity index (χ1) is 10.3. The highest BCUT2D eigenvalue weighted by molar-refractivity contribution is 5.87. The van der Waals surface area contributed by atoms with Crippen LogP contribution in [-0.2, 0) is 4.74 Å². The Kier molecular flexibility index (Phi) is 4.71. The van der Waals surface area contributed by atoms with Crippen molar-refractivity contribution in [2.45, 2.75) is 33.3 Å². The summed E-state index contributed by atoms with van der Waals surface area (Å²) in [6, 6.07) is 15.0. The first-order valence-electron chi connectivity index (χ1n) is 7.17. The van der Waals surface area contributed by atoms with Crippen LogP contribution in [0.1, 0.15) is 26.3 Å². The molecule has 0 heterocycles. The van der Waals surface area contributed by atoms with Gasteiger partial charge in [0.25, 0.3) is 0 Å². The zero-order valence-electron chi connectivity index (χ0n) is 13.3. The molecule has 2 rings (SSSR count). The molecule has 4 heteroatoms. The molecule has 116 valence electrons. The molecule has 1 N–H and O–H groups in total. The number of carbonyl (C=O) groups is 1. The number of hydrogen-bond donors (Lipinski definition) is 1. The molecule has 0 spiro atoms. The lowest BCUT2D eigenvalue weighted by Gasteiger charge is -2.20. The maximum atomic E-state index is 11.9. The largest absolute Gasteiger partial charge is 0.455 e. The van der Waals surface area contributed by atoms with E-state index in [0.29, 0.717) is 17.2 Å². The Balaban J connectivity index is 2.13. The zero-order valence-corrected chi connectivity index (χ0v) is 13.3. The van der Waals surface area contributed by atoms with Gasteiger partial charge < -0.3 is 9.47 Å². The molecule has 0 aliphatic heterocycles. The van der Waals surface area contributed by atoms with Crippen LogP contribution in [0.5, 0.6) is 11.5 Å². The highest BCUT2D eigenvalue weighted by atomic mass is 16.6. The van der Waals surface area contributed by atoms with Crippen LogP contribution in [-0.4, -0.2) is 11.7 Å². The van der Waals surface area contributed by atoms with Gasteiger partial charge in [-0.2, -0.15) is 0 Å². The molecule has 2 aromatic carbocycles. The maximum absolute atomic E-state index is 11.9. The van der Waals surface area contributed by atoms with Crippen molar-refractivity contribution >= 4 is 11.8 Å². The predicted octanol–water partition coefficient (Wildman–Crippen LogP) is 5.13. The van der Waals surface area contributed by atoms with E-state index >= 15 is 0 Å². The summed E-state index contributed by atoms with van der Waals surface area (Å²) >= 11 is 0. The van der Waals surface area contributed by atoms with Gasteiger partial charge >= 0.3 is 6.09 Å². The Morgan fingerprint density at radius 1 is 1.00 bits per heavy atom. The number of amides is 1. The molecule has 0 unspecified atom stereocenters. The van der Waals surface area contributed by atoms with Gasteiger partial charge in [-0.15, -0.1) is 0 Å². The third-order valence-corrected chi connectivity index (χ3v) is 2.77. The summed E-state index contributed by atoms with van der Waals surface area (Å²) in [6.45, 7) is 7.48. The number of nitrogens with one attached hydrogen (secondary N) is 1. The molecule has 0 radical (unpaired) electrons. The third-order valence-electron chi connectivity index (χ3n) is 2.77. The van der Waals surface area contributed by atoms with E-state index in [2.05, 4.69) is 5.32 Å². The number of hydrogen-bond acceptors (Lipinski definition) is 3. The standard InChI is InChI=1S/C18H21NO3/c1-13-9-11-14(12-10-13)21-16-8-6-5-7-15(16)19-17(20)22-18(2,3)4/h5-12H,1-4H3,(H,19,20). The maximum Gasteiger partial charge on any atom is 0.412 e. The van der Waals surface area contributed by atoms with Crippen LogP contribution in [0.3, 0.4) is 0 Å². The highest BCUT2D eigenvalue weighted by Crippen LogP contribution is 2.29. The highest BCUT2D eigenvalue weighted by Gasteiger charge is 2.17. The van der Waals surface area contributed by atoms with Gasteiger partial charge in [0.05, 0.1) is 5.69 Å². The van der Waals surface area contributed by atoms with Gasteiger partial charge in [0.1, 0.15) is 11.4 Å². The average molecular weight is 299 g/mol. The number of benzene rings is 2. The lowest BCUT2D eigenvalue weighted by molar-refractivity contribution is 0.0635. The fourth-order valence-electron chi connectivity index (χ4n) is 1.81. The van der Waals surface area contributed by atoms with E-state index in [1.54, 1.807) is 12.1 Å². The van der Waals surface area contributed by atoms with Gasteiger partial charge in [-0.25, -0.2) is 4.79 Å². The van der Waals surface area contributed by atoms with Gasteiger partial charge in [0.15, 0.2) is 5.75 Å². The Morgan fingerprint density at radius 3 is 2.27 bits per heavy atom. The van der Waals surface area contributed by atoms with E-state index in [1.807, 2.05) is 64.1 Å². The van der Waals surface area contributed by atoms with Gasteiger partial charge in [0.2, 0.25) is 0 Å². The number of rotatable bonds is 3. The van der Waals surface area contributed by atoms with E-state index in [4.69, 9.17) is 9.47 Å². The summed E-state index contributed by atoms with van der Waals surface area (Å²) in [4.78, 5) is 11.9. The fraction of sp³-hybridized carbons (Fsp3) is 0.278. The van der Waals surface area contributed by atoms with Crippen LogP contribution in [0.15, 0.2) is 48.5 Å². The van der Waals surface area contributed by atoms with Crippen LogP contribution in [0, 0.1) is 6.92 Å². The summed E-state index contributed by atoms with van der Waals surface area (Å²) < 4.78 is 11.1. The quantitative estimate of drug-likeness (QED) is 0.854. The van der Waals surface area contributed by atoms with Crippen molar-refractivity contribution < 1.29 is 14.3 Å². The van der Waals surface area contributed by atoms with E-state index in [9.17, 15) is 4.79 Å². The molecule has 1 amide bonds. The molecule has 0 fully saturated rings. The smallest absolute Gasteiger partial charge is 0.412 e. The zero-order chi connectivity index (χ0) is 16.2. The van der Waals surface area contributed by atoms with Gasteiger partial charge in [-0.3, -0.25) is 5.32 Å². The number of para-hydroxylation sites is 2. The first kappa shape index (κ1) is 15.9. The van der Waals surface area contributed by atoms with Crippen molar-refractivity contribution in [2.24, 2.45) is 0 Å². The molecule has 0 saturated heterocycles. The Hall–Kier alpha value is -2.49. The second-order valence-electron chi connectivity index (χ2n) is 6.04. The van der Waals surface area contributed by atoms with Crippen molar-refractivity contribution in [3.63, 3.8) is 0 Å². The minimum atomic E-state index is -0.545. The predicted molar refractivity (Wildman–Crippen MR) is 87.6 cm³/mol. The first-order valence-corrected chi connectivity index (χ1v) is 7.17. The molecule has 0 aliphatic rings. The summed E-state index contributed by atoms with van der Waals surface area (Å²) in [5, 5.41) is 2.71. The summed E-state index contributed by atoms with van der Waals surface area (Å²) in [6.07, 6.45) is -0.507. The average Bonchev–Trinajstić information content (AvgIpc) is 2.41. The topological polar surface area (TPSA) is 47.6 Å². The molecular formula is C18H21NO3. The molecule has 4 nitrogen and oxygen atoms in total. The van der Waals surface area contributed by atoms with Crippen molar-refractivity contribution in [1.82, 2.24) is 0 Å². The van der Waals surface area contributed by atoms with Gasteiger partial charge in [-0.1, -0.05) is 29.8 Å². The molecule has 22 heavy (non-hydrogen) atoms. The second-order valence-corrected chi connectivity index (χ2v) is 6.04. The number of ether oxygens (including phenoxy) is 2. The molecule has 0 aromatic heterocycles. The van der Waals surface area contributed by atoms with Crippen molar-refractivity contribution in [3.05, 3.63) is 54.1 Å². The fourth-order valence-corrected chi connectivity index (χ4v) is 1.81. The van der Waals surface area contributed by atoms with Crippen LogP contribution in [0.25, 0.3) is 0 Å². The van der Waals surface area contributed by atoms with Crippen LogP contribution >= 0.6 is 0 Å². The molecule has 0 bridgehead atoms. The Bertz CT molecular complexity index is 642. The minimum Gasteiger partial charge on any atom is -0.455 e.